The second-order valence-electron chi connectivity index (χ2n) is 3.94. The molecule has 0 saturated carbocycles. The lowest BCUT2D eigenvalue weighted by atomic mass is 10.5. The van der Waals surface area contributed by atoms with Crippen LogP contribution in [0.25, 0.3) is 0 Å². The minimum absolute atomic E-state index is 0.988. The van der Waals surface area contributed by atoms with Crippen LogP contribution in [0.1, 0.15) is 5.69 Å². The Labute approximate surface area is 68.7 Å². The van der Waals surface area contributed by atoms with E-state index in [0.29, 0.717) is 0 Å². The van der Waals surface area contributed by atoms with Gasteiger partial charge < -0.3 is 0 Å². The molecule has 0 N–H and O–H groups in total. The number of nitrogens with zero attached hydrogens (tertiary/aromatic N) is 2. The molecule has 1 aromatic rings. The number of hydrogen-bond acceptors (Lipinski definition) is 2. The molecule has 0 fully saturated rings. The van der Waals surface area contributed by atoms with Crippen LogP contribution in [0.2, 0.25) is 19.6 Å². The van der Waals surface area contributed by atoms with Crippen molar-refractivity contribution in [1.82, 2.24) is 9.97 Å². The Morgan fingerprint density at radius 3 is 2.55 bits per heavy atom. The van der Waals surface area contributed by atoms with Crippen LogP contribution >= 0.6 is 0 Å². The first-order valence-electron chi connectivity index (χ1n) is 3.83. The number of rotatable bonds is 2. The zero-order valence-corrected chi connectivity index (χ0v) is 8.33. The SMILES string of the molecule is C[Si](C)(C)Cc1ccncn1. The summed E-state index contributed by atoms with van der Waals surface area (Å²) in [5, 5.41) is 0. The molecular formula is C8H14N2Si. The molecule has 0 aliphatic carbocycles. The van der Waals surface area contributed by atoms with Crippen LogP contribution in [0.15, 0.2) is 18.6 Å². The fourth-order valence-corrected chi connectivity index (χ4v) is 2.26. The summed E-state index contributed by atoms with van der Waals surface area (Å²) in [6.45, 7) is 7.03. The Bertz CT molecular complexity index is 215. The van der Waals surface area contributed by atoms with Crippen molar-refractivity contribution in [1.29, 1.82) is 0 Å². The molecule has 1 aromatic heterocycles. The van der Waals surface area contributed by atoms with Gasteiger partial charge in [0.2, 0.25) is 0 Å². The summed E-state index contributed by atoms with van der Waals surface area (Å²) < 4.78 is 0. The number of hydrogen-bond donors (Lipinski definition) is 0. The monoisotopic (exact) mass is 166 g/mol. The Balaban J connectivity index is 2.66. The van der Waals surface area contributed by atoms with Gasteiger partial charge in [-0.2, -0.15) is 0 Å². The molecule has 0 saturated heterocycles. The molecule has 0 unspecified atom stereocenters. The maximum atomic E-state index is 4.19. The van der Waals surface area contributed by atoms with Crippen LogP contribution in [0.3, 0.4) is 0 Å². The van der Waals surface area contributed by atoms with Crippen molar-refractivity contribution in [3.05, 3.63) is 24.3 Å². The minimum atomic E-state index is -0.988. The van der Waals surface area contributed by atoms with Gasteiger partial charge in [0.25, 0.3) is 0 Å². The van der Waals surface area contributed by atoms with E-state index in [1.54, 1.807) is 6.33 Å². The number of aromatic nitrogens is 2. The normalized spacial score (nSPS) is 11.5. The van der Waals surface area contributed by atoms with Crippen molar-refractivity contribution in [3.8, 4) is 0 Å². The zero-order chi connectivity index (χ0) is 8.32. The van der Waals surface area contributed by atoms with E-state index in [-0.39, 0.29) is 0 Å². The minimum Gasteiger partial charge on any atom is -0.245 e. The van der Waals surface area contributed by atoms with Gasteiger partial charge in [-0.15, -0.1) is 0 Å². The highest BCUT2D eigenvalue weighted by Gasteiger charge is 2.13. The lowest BCUT2D eigenvalue weighted by Crippen LogP contribution is -2.24. The maximum Gasteiger partial charge on any atom is 0.115 e. The Hall–Kier alpha value is -0.703. The first-order valence-corrected chi connectivity index (χ1v) is 7.53. The molecule has 0 aliphatic rings. The summed E-state index contributed by atoms with van der Waals surface area (Å²) in [5.41, 5.74) is 1.18. The molecule has 0 aromatic carbocycles. The highest BCUT2D eigenvalue weighted by Crippen LogP contribution is 2.07. The summed E-state index contributed by atoms with van der Waals surface area (Å²) >= 11 is 0. The molecule has 3 heteroatoms. The Kier molecular flexibility index (Phi) is 2.39. The van der Waals surface area contributed by atoms with Crippen LogP contribution in [-0.2, 0) is 6.04 Å². The van der Waals surface area contributed by atoms with Gasteiger partial charge >= 0.3 is 0 Å². The van der Waals surface area contributed by atoms with Crippen molar-refractivity contribution < 1.29 is 0 Å². The lowest BCUT2D eigenvalue weighted by Gasteiger charge is -2.13. The second kappa shape index (κ2) is 3.13. The van der Waals surface area contributed by atoms with E-state index in [4.69, 9.17) is 0 Å². The third-order valence-electron chi connectivity index (χ3n) is 1.35. The summed E-state index contributed by atoms with van der Waals surface area (Å²) in [4.78, 5) is 8.07. The Morgan fingerprint density at radius 1 is 1.36 bits per heavy atom. The van der Waals surface area contributed by atoms with E-state index in [2.05, 4.69) is 29.6 Å². The fourth-order valence-electron chi connectivity index (χ4n) is 0.966. The van der Waals surface area contributed by atoms with Crippen LogP contribution in [0, 0.1) is 0 Å². The summed E-state index contributed by atoms with van der Waals surface area (Å²) in [6.07, 6.45) is 3.43. The average Bonchev–Trinajstić information content (AvgIpc) is 1.85. The van der Waals surface area contributed by atoms with Gasteiger partial charge in [-0.25, -0.2) is 9.97 Å². The van der Waals surface area contributed by atoms with Crippen LogP contribution < -0.4 is 0 Å². The molecule has 60 valence electrons. The van der Waals surface area contributed by atoms with Gasteiger partial charge in [-0.1, -0.05) is 19.6 Å². The van der Waals surface area contributed by atoms with E-state index < -0.39 is 8.07 Å². The van der Waals surface area contributed by atoms with Crippen molar-refractivity contribution in [2.75, 3.05) is 0 Å². The predicted molar refractivity (Wildman–Crippen MR) is 49.1 cm³/mol. The molecule has 1 heterocycles. The van der Waals surface area contributed by atoms with Crippen molar-refractivity contribution in [2.45, 2.75) is 25.7 Å². The second-order valence-corrected chi connectivity index (χ2v) is 9.41. The molecule has 0 amide bonds. The molecule has 11 heavy (non-hydrogen) atoms. The molecule has 1 rings (SSSR count). The van der Waals surface area contributed by atoms with Crippen LogP contribution in [0.5, 0.6) is 0 Å². The third-order valence-corrected chi connectivity index (χ3v) is 2.78. The van der Waals surface area contributed by atoms with Crippen molar-refractivity contribution in [3.63, 3.8) is 0 Å². The van der Waals surface area contributed by atoms with Crippen LogP contribution in [-0.4, -0.2) is 18.0 Å². The molecular weight excluding hydrogens is 152 g/mol. The van der Waals surface area contributed by atoms with Gasteiger partial charge in [0.15, 0.2) is 0 Å². The molecule has 0 radical (unpaired) electrons. The lowest BCUT2D eigenvalue weighted by molar-refractivity contribution is 1.07. The van der Waals surface area contributed by atoms with E-state index >= 15 is 0 Å². The topological polar surface area (TPSA) is 25.8 Å². The van der Waals surface area contributed by atoms with Gasteiger partial charge in [0, 0.05) is 11.9 Å². The average molecular weight is 166 g/mol. The molecule has 0 spiro atoms. The standard InChI is InChI=1S/C8H14N2Si/c1-11(2,3)6-8-4-5-9-7-10-8/h4-5,7H,6H2,1-3H3. The van der Waals surface area contributed by atoms with Gasteiger partial charge in [-0.3, -0.25) is 0 Å². The molecule has 2 nitrogen and oxygen atoms in total. The van der Waals surface area contributed by atoms with Gasteiger partial charge in [-0.05, 0) is 12.1 Å². The van der Waals surface area contributed by atoms with E-state index in [9.17, 15) is 0 Å². The Morgan fingerprint density at radius 2 is 2.09 bits per heavy atom. The van der Waals surface area contributed by atoms with Crippen molar-refractivity contribution >= 4 is 8.07 Å². The first kappa shape index (κ1) is 8.39. The zero-order valence-electron chi connectivity index (χ0n) is 7.33. The first-order chi connectivity index (χ1) is 5.08. The summed E-state index contributed by atoms with van der Waals surface area (Å²) in [5.74, 6) is 0. The smallest absolute Gasteiger partial charge is 0.115 e. The summed E-state index contributed by atoms with van der Waals surface area (Å²) in [7, 11) is -0.988. The van der Waals surface area contributed by atoms with Crippen LogP contribution in [0.4, 0.5) is 0 Å². The fraction of sp³-hybridized carbons (Fsp3) is 0.500. The van der Waals surface area contributed by atoms with Gasteiger partial charge in [0.05, 0.1) is 8.07 Å². The third kappa shape index (κ3) is 3.27. The summed E-state index contributed by atoms with van der Waals surface area (Å²) in [6, 6.07) is 3.15. The predicted octanol–water partition coefficient (Wildman–Crippen LogP) is 1.90. The highest BCUT2D eigenvalue weighted by atomic mass is 28.3. The van der Waals surface area contributed by atoms with E-state index in [1.165, 1.54) is 5.69 Å². The van der Waals surface area contributed by atoms with Gasteiger partial charge in [0.1, 0.15) is 6.33 Å². The molecule has 0 aliphatic heterocycles. The van der Waals surface area contributed by atoms with E-state index in [1.807, 2.05) is 12.3 Å². The molecule has 0 atom stereocenters. The van der Waals surface area contributed by atoms with Crippen molar-refractivity contribution in [2.24, 2.45) is 0 Å². The largest absolute Gasteiger partial charge is 0.245 e. The molecule has 0 bridgehead atoms. The van der Waals surface area contributed by atoms with E-state index in [0.717, 1.165) is 6.04 Å². The quantitative estimate of drug-likeness (QED) is 0.627. The maximum absolute atomic E-state index is 4.19. The highest BCUT2D eigenvalue weighted by molar-refractivity contribution is 6.75.